The number of nitrogens with two attached hydrogens (primary N) is 1. The number of benzene rings is 1. The number of nitrogens with zero attached hydrogens (tertiary/aromatic N) is 2. The first kappa shape index (κ1) is 18.7. The van der Waals surface area contributed by atoms with Gasteiger partial charge < -0.3 is 21.3 Å². The second-order valence-electron chi connectivity index (χ2n) is 5.20. The molecule has 0 unspecified atom stereocenters. The van der Waals surface area contributed by atoms with E-state index in [0.29, 0.717) is 5.69 Å². The van der Waals surface area contributed by atoms with E-state index in [1.807, 2.05) is 5.32 Å². The summed E-state index contributed by atoms with van der Waals surface area (Å²) in [5, 5.41) is 23.8. The van der Waals surface area contributed by atoms with Gasteiger partial charge in [0.2, 0.25) is 5.60 Å². The van der Waals surface area contributed by atoms with Crippen LogP contribution in [0.2, 0.25) is 0 Å². The lowest BCUT2D eigenvalue weighted by Crippen LogP contribution is -2.56. The zero-order valence-electron chi connectivity index (χ0n) is 12.6. The molecule has 0 saturated heterocycles. The standard InChI is InChI=1S/C14H14F4N4O3/c15-8-1-3-9(4-2-8)22-11(19)10(5-21-22)12(24)20-6-13(25,7-23)14(16,17)18/h1-5,23,25H,6-7,19H2,(H,20,24)/t13-/m0/s1. The number of carbonyl (C=O) groups is 1. The van der Waals surface area contributed by atoms with Gasteiger partial charge in [-0.3, -0.25) is 4.79 Å². The van der Waals surface area contributed by atoms with Crippen molar-refractivity contribution < 1.29 is 32.6 Å². The Labute approximate surface area is 138 Å². The third kappa shape index (κ3) is 3.72. The molecule has 136 valence electrons. The third-order valence-electron chi connectivity index (χ3n) is 3.45. The van der Waals surface area contributed by atoms with Crippen molar-refractivity contribution >= 4 is 11.7 Å². The van der Waals surface area contributed by atoms with Gasteiger partial charge in [0.05, 0.1) is 25.0 Å². The Balaban J connectivity index is 2.17. The molecule has 0 bridgehead atoms. The Kier molecular flexibility index (Phi) is 4.99. The summed E-state index contributed by atoms with van der Waals surface area (Å²) in [6.07, 6.45) is -4.13. The van der Waals surface area contributed by atoms with Crippen LogP contribution in [0.3, 0.4) is 0 Å². The van der Waals surface area contributed by atoms with E-state index in [1.165, 1.54) is 12.1 Å². The maximum atomic E-state index is 12.9. The van der Waals surface area contributed by atoms with E-state index in [2.05, 4.69) is 5.10 Å². The molecule has 25 heavy (non-hydrogen) atoms. The molecule has 1 heterocycles. The molecule has 11 heteroatoms. The third-order valence-corrected chi connectivity index (χ3v) is 3.45. The number of carbonyl (C=O) groups excluding carboxylic acids is 1. The maximum absolute atomic E-state index is 12.9. The number of halogens is 4. The molecule has 0 radical (unpaired) electrons. The van der Waals surface area contributed by atoms with E-state index >= 15 is 0 Å². The molecule has 2 rings (SSSR count). The van der Waals surface area contributed by atoms with Crippen LogP contribution in [0, 0.1) is 5.82 Å². The molecule has 1 amide bonds. The lowest BCUT2D eigenvalue weighted by Gasteiger charge is -2.28. The lowest BCUT2D eigenvalue weighted by atomic mass is 10.1. The lowest BCUT2D eigenvalue weighted by molar-refractivity contribution is -0.267. The minimum absolute atomic E-state index is 0.191. The predicted octanol–water partition coefficient (Wildman–Crippen LogP) is 0.609. The first-order valence-corrected chi connectivity index (χ1v) is 6.86. The molecule has 0 saturated carbocycles. The van der Waals surface area contributed by atoms with Crippen molar-refractivity contribution in [2.45, 2.75) is 11.8 Å². The van der Waals surface area contributed by atoms with Crippen molar-refractivity contribution in [1.82, 2.24) is 15.1 Å². The van der Waals surface area contributed by atoms with Crippen LogP contribution >= 0.6 is 0 Å². The zero-order chi connectivity index (χ0) is 18.8. The average Bonchev–Trinajstić information content (AvgIpc) is 2.93. The topological polar surface area (TPSA) is 113 Å². The van der Waals surface area contributed by atoms with Crippen molar-refractivity contribution in [3.8, 4) is 5.69 Å². The molecule has 0 fully saturated rings. The summed E-state index contributed by atoms with van der Waals surface area (Å²) in [5.41, 5.74) is 2.35. The van der Waals surface area contributed by atoms with E-state index in [4.69, 9.17) is 10.8 Å². The first-order chi connectivity index (χ1) is 11.6. The van der Waals surface area contributed by atoms with Crippen LogP contribution in [0.1, 0.15) is 10.4 Å². The number of amides is 1. The van der Waals surface area contributed by atoms with Crippen LogP contribution in [0.25, 0.3) is 5.69 Å². The number of hydrogen-bond acceptors (Lipinski definition) is 5. The summed E-state index contributed by atoms with van der Waals surface area (Å²) >= 11 is 0. The van der Waals surface area contributed by atoms with Crippen LogP contribution in [-0.2, 0) is 0 Å². The number of nitrogen functional groups attached to an aromatic ring is 1. The van der Waals surface area contributed by atoms with Crippen molar-refractivity contribution in [3.63, 3.8) is 0 Å². The fourth-order valence-corrected chi connectivity index (χ4v) is 1.89. The molecular formula is C14H14F4N4O3. The van der Waals surface area contributed by atoms with E-state index in [0.717, 1.165) is 23.0 Å². The number of hydrogen-bond donors (Lipinski definition) is 4. The van der Waals surface area contributed by atoms with Gasteiger partial charge in [-0.15, -0.1) is 0 Å². The fourth-order valence-electron chi connectivity index (χ4n) is 1.89. The predicted molar refractivity (Wildman–Crippen MR) is 78.4 cm³/mol. The van der Waals surface area contributed by atoms with E-state index < -0.39 is 36.7 Å². The number of aliphatic hydroxyl groups is 2. The minimum Gasteiger partial charge on any atom is -0.393 e. The highest BCUT2D eigenvalue weighted by Gasteiger charge is 2.53. The number of alkyl halides is 3. The van der Waals surface area contributed by atoms with Gasteiger partial charge in [-0.05, 0) is 24.3 Å². The summed E-state index contributed by atoms with van der Waals surface area (Å²) in [5.74, 6) is -1.71. The molecule has 0 spiro atoms. The molecule has 0 aliphatic carbocycles. The highest BCUT2D eigenvalue weighted by Crippen LogP contribution is 2.29. The number of aromatic nitrogens is 2. The Hall–Kier alpha value is -2.66. The largest absolute Gasteiger partial charge is 0.421 e. The van der Waals surface area contributed by atoms with Crippen molar-refractivity contribution in [2.24, 2.45) is 0 Å². The van der Waals surface area contributed by atoms with Crippen LogP contribution in [0.4, 0.5) is 23.4 Å². The first-order valence-electron chi connectivity index (χ1n) is 6.86. The van der Waals surface area contributed by atoms with E-state index in [1.54, 1.807) is 0 Å². The number of aliphatic hydroxyl groups excluding tert-OH is 1. The molecular weight excluding hydrogens is 348 g/mol. The summed E-state index contributed by atoms with van der Waals surface area (Å²) in [6, 6.07) is 4.96. The molecule has 7 nitrogen and oxygen atoms in total. The van der Waals surface area contributed by atoms with Crippen LogP contribution < -0.4 is 11.1 Å². The van der Waals surface area contributed by atoms with Crippen LogP contribution in [0.5, 0.6) is 0 Å². The van der Waals surface area contributed by atoms with Crippen LogP contribution in [0.15, 0.2) is 30.5 Å². The van der Waals surface area contributed by atoms with Gasteiger partial charge in [-0.25, -0.2) is 9.07 Å². The molecule has 0 aliphatic heterocycles. The highest BCUT2D eigenvalue weighted by molar-refractivity contribution is 5.98. The maximum Gasteiger partial charge on any atom is 0.421 e. The molecule has 1 aromatic heterocycles. The van der Waals surface area contributed by atoms with Crippen LogP contribution in [-0.4, -0.2) is 50.8 Å². The van der Waals surface area contributed by atoms with Gasteiger partial charge in [-0.1, -0.05) is 0 Å². The summed E-state index contributed by atoms with van der Waals surface area (Å²) < 4.78 is 52.0. The van der Waals surface area contributed by atoms with Crippen molar-refractivity contribution in [3.05, 3.63) is 41.8 Å². The Bertz CT molecular complexity index is 760. The number of anilines is 1. The van der Waals surface area contributed by atoms with Gasteiger partial charge in [-0.2, -0.15) is 18.3 Å². The van der Waals surface area contributed by atoms with Gasteiger partial charge in [0, 0.05) is 0 Å². The second-order valence-corrected chi connectivity index (χ2v) is 5.20. The molecule has 1 aromatic carbocycles. The zero-order valence-corrected chi connectivity index (χ0v) is 12.6. The van der Waals surface area contributed by atoms with Crippen molar-refractivity contribution in [1.29, 1.82) is 0 Å². The molecule has 2 aromatic rings. The molecule has 0 aliphatic rings. The number of rotatable bonds is 5. The van der Waals surface area contributed by atoms with Crippen molar-refractivity contribution in [2.75, 3.05) is 18.9 Å². The Morgan fingerprint density at radius 2 is 1.88 bits per heavy atom. The monoisotopic (exact) mass is 362 g/mol. The number of nitrogens with one attached hydrogen (secondary N) is 1. The van der Waals surface area contributed by atoms with Gasteiger partial charge in [0.25, 0.3) is 5.91 Å². The fraction of sp³-hybridized carbons (Fsp3) is 0.286. The molecule has 1 atom stereocenters. The summed E-state index contributed by atoms with van der Waals surface area (Å²) in [7, 11) is 0. The summed E-state index contributed by atoms with van der Waals surface area (Å²) in [4.78, 5) is 12.0. The van der Waals surface area contributed by atoms with Gasteiger partial charge in [0.15, 0.2) is 0 Å². The Morgan fingerprint density at radius 3 is 2.40 bits per heavy atom. The summed E-state index contributed by atoms with van der Waals surface area (Å²) in [6.45, 7) is -2.89. The average molecular weight is 362 g/mol. The van der Waals surface area contributed by atoms with Gasteiger partial charge in [0.1, 0.15) is 17.2 Å². The minimum atomic E-state index is -5.14. The SMILES string of the molecule is Nc1c(C(=O)NC[C@](O)(CO)C(F)(F)F)cnn1-c1ccc(F)cc1. The van der Waals surface area contributed by atoms with E-state index in [9.17, 15) is 27.5 Å². The quantitative estimate of drug-likeness (QED) is 0.582. The second kappa shape index (κ2) is 6.69. The smallest absolute Gasteiger partial charge is 0.393 e. The highest BCUT2D eigenvalue weighted by atomic mass is 19.4. The van der Waals surface area contributed by atoms with Gasteiger partial charge >= 0.3 is 6.18 Å². The Morgan fingerprint density at radius 1 is 1.28 bits per heavy atom. The van der Waals surface area contributed by atoms with E-state index in [-0.39, 0.29) is 11.4 Å². The normalized spacial score (nSPS) is 14.2. The molecule has 5 N–H and O–H groups in total.